The van der Waals surface area contributed by atoms with Gasteiger partial charge in [-0.25, -0.2) is 0 Å². The van der Waals surface area contributed by atoms with Crippen LogP contribution < -0.4 is 5.32 Å². The molecule has 1 fully saturated rings. The van der Waals surface area contributed by atoms with Crippen molar-refractivity contribution in [2.75, 3.05) is 5.75 Å². The highest BCUT2D eigenvalue weighted by Crippen LogP contribution is 2.25. The zero-order valence-electron chi connectivity index (χ0n) is 14.5. The van der Waals surface area contributed by atoms with Gasteiger partial charge in [-0.05, 0) is 55.6 Å². The number of benzene rings is 1. The van der Waals surface area contributed by atoms with Gasteiger partial charge in [0.1, 0.15) is 0 Å². The van der Waals surface area contributed by atoms with Gasteiger partial charge in [0.15, 0.2) is 0 Å². The van der Waals surface area contributed by atoms with Gasteiger partial charge in [0, 0.05) is 17.0 Å². The number of thioether (sulfide) groups is 1. The maximum atomic E-state index is 12.1. The molecule has 0 bridgehead atoms. The lowest BCUT2D eigenvalue weighted by atomic mass is 9.93. The minimum atomic E-state index is -0.190. The summed E-state index contributed by atoms with van der Waals surface area (Å²) in [5.74, 6) is 1.08. The molecule has 0 heterocycles. The van der Waals surface area contributed by atoms with Gasteiger partial charge in [-0.3, -0.25) is 4.79 Å². The Morgan fingerprint density at radius 3 is 2.75 bits per heavy atom. The molecule has 1 aromatic rings. The Morgan fingerprint density at radius 2 is 2.00 bits per heavy atom. The van der Waals surface area contributed by atoms with Gasteiger partial charge in [-0.2, -0.15) is 0 Å². The van der Waals surface area contributed by atoms with Crippen LogP contribution in [0.4, 0.5) is 0 Å². The van der Waals surface area contributed by atoms with Crippen LogP contribution in [0.15, 0.2) is 35.2 Å². The van der Waals surface area contributed by atoms with Crippen molar-refractivity contribution in [3.05, 3.63) is 35.9 Å². The number of amides is 1. The molecule has 0 radical (unpaired) electrons. The summed E-state index contributed by atoms with van der Waals surface area (Å²) in [6.45, 7) is 2.22. The Morgan fingerprint density at radius 1 is 1.25 bits per heavy atom. The SMILES string of the molecule is CCCCCSc1ccccc1C=CC(=O)NC1CCC(O)CC1. The van der Waals surface area contributed by atoms with E-state index in [9.17, 15) is 9.90 Å². The Balaban J connectivity index is 1.85. The van der Waals surface area contributed by atoms with E-state index in [-0.39, 0.29) is 18.1 Å². The van der Waals surface area contributed by atoms with Crippen molar-refractivity contribution in [3.63, 3.8) is 0 Å². The number of aliphatic hydroxyl groups is 1. The molecule has 132 valence electrons. The first kappa shape index (κ1) is 19.1. The van der Waals surface area contributed by atoms with Crippen LogP contribution in [0.2, 0.25) is 0 Å². The third-order valence-corrected chi connectivity index (χ3v) is 5.56. The van der Waals surface area contributed by atoms with Gasteiger partial charge in [0.2, 0.25) is 5.91 Å². The molecule has 0 atom stereocenters. The monoisotopic (exact) mass is 347 g/mol. The van der Waals surface area contributed by atoms with E-state index in [4.69, 9.17) is 0 Å². The van der Waals surface area contributed by atoms with Gasteiger partial charge in [-0.15, -0.1) is 11.8 Å². The topological polar surface area (TPSA) is 49.3 Å². The molecule has 24 heavy (non-hydrogen) atoms. The van der Waals surface area contributed by atoms with Gasteiger partial charge in [0.25, 0.3) is 0 Å². The molecular weight excluding hydrogens is 318 g/mol. The predicted molar refractivity (Wildman–Crippen MR) is 102 cm³/mol. The Hall–Kier alpha value is -1.26. The average molecular weight is 348 g/mol. The van der Waals surface area contributed by atoms with Crippen molar-refractivity contribution in [1.82, 2.24) is 5.32 Å². The summed E-state index contributed by atoms with van der Waals surface area (Å²) in [4.78, 5) is 13.3. The van der Waals surface area contributed by atoms with Crippen molar-refractivity contribution in [1.29, 1.82) is 0 Å². The first-order valence-electron chi connectivity index (χ1n) is 9.07. The summed E-state index contributed by atoms with van der Waals surface area (Å²) < 4.78 is 0. The number of carbonyl (C=O) groups excluding carboxylic acids is 1. The van der Waals surface area contributed by atoms with Crippen LogP contribution in [-0.2, 0) is 4.79 Å². The molecule has 0 saturated heterocycles. The summed E-state index contributed by atoms with van der Waals surface area (Å²) >= 11 is 1.86. The molecule has 0 spiro atoms. The third kappa shape index (κ3) is 6.70. The molecule has 2 rings (SSSR count). The molecule has 1 aliphatic rings. The molecule has 1 amide bonds. The van der Waals surface area contributed by atoms with Crippen LogP contribution in [0.1, 0.15) is 57.4 Å². The summed E-state index contributed by atoms with van der Waals surface area (Å²) in [6.07, 6.45) is 10.4. The lowest BCUT2D eigenvalue weighted by Gasteiger charge is -2.25. The predicted octanol–water partition coefficient (Wildman–Crippen LogP) is 4.40. The number of carbonyl (C=O) groups is 1. The zero-order chi connectivity index (χ0) is 17.2. The second kappa shape index (κ2) is 10.6. The van der Waals surface area contributed by atoms with Crippen molar-refractivity contribution >= 4 is 23.7 Å². The number of hydrogen-bond acceptors (Lipinski definition) is 3. The average Bonchev–Trinajstić information content (AvgIpc) is 2.60. The van der Waals surface area contributed by atoms with E-state index < -0.39 is 0 Å². The maximum absolute atomic E-state index is 12.1. The van der Waals surface area contributed by atoms with Crippen LogP contribution in [0, 0.1) is 0 Å². The van der Waals surface area contributed by atoms with Gasteiger partial charge in [-0.1, -0.05) is 38.0 Å². The minimum Gasteiger partial charge on any atom is -0.393 e. The molecule has 2 N–H and O–H groups in total. The summed E-state index contributed by atoms with van der Waals surface area (Å²) in [7, 11) is 0. The minimum absolute atomic E-state index is 0.0397. The highest BCUT2D eigenvalue weighted by Gasteiger charge is 2.19. The van der Waals surface area contributed by atoms with Crippen LogP contribution in [0.25, 0.3) is 6.08 Å². The molecule has 0 unspecified atom stereocenters. The van der Waals surface area contributed by atoms with E-state index >= 15 is 0 Å². The molecule has 0 aliphatic heterocycles. The van der Waals surface area contributed by atoms with E-state index in [0.717, 1.165) is 37.0 Å². The fourth-order valence-electron chi connectivity index (χ4n) is 2.92. The highest BCUT2D eigenvalue weighted by molar-refractivity contribution is 7.99. The van der Waals surface area contributed by atoms with Crippen molar-refractivity contribution < 1.29 is 9.90 Å². The van der Waals surface area contributed by atoms with E-state index in [0.29, 0.717) is 0 Å². The van der Waals surface area contributed by atoms with Gasteiger partial charge < -0.3 is 10.4 Å². The number of aliphatic hydroxyl groups excluding tert-OH is 1. The second-order valence-corrected chi connectivity index (χ2v) is 7.58. The second-order valence-electron chi connectivity index (χ2n) is 6.44. The molecule has 1 aliphatic carbocycles. The summed E-state index contributed by atoms with van der Waals surface area (Å²) in [5, 5.41) is 12.6. The Labute approximate surface area is 149 Å². The zero-order valence-corrected chi connectivity index (χ0v) is 15.4. The Kier molecular flexibility index (Phi) is 8.40. The normalized spacial score (nSPS) is 21.1. The number of unbranched alkanes of at least 4 members (excludes halogenated alkanes) is 2. The van der Waals surface area contributed by atoms with Crippen molar-refractivity contribution in [2.45, 2.75) is 68.9 Å². The lowest BCUT2D eigenvalue weighted by molar-refractivity contribution is -0.117. The lowest BCUT2D eigenvalue weighted by Crippen LogP contribution is -2.37. The van der Waals surface area contributed by atoms with E-state index in [1.807, 2.05) is 30.0 Å². The fraction of sp³-hybridized carbons (Fsp3) is 0.550. The molecule has 4 heteroatoms. The maximum Gasteiger partial charge on any atom is 0.244 e. The third-order valence-electron chi connectivity index (χ3n) is 4.38. The van der Waals surface area contributed by atoms with Crippen LogP contribution in [0.3, 0.4) is 0 Å². The van der Waals surface area contributed by atoms with Crippen LogP contribution >= 0.6 is 11.8 Å². The largest absolute Gasteiger partial charge is 0.393 e. The van der Waals surface area contributed by atoms with E-state index in [1.165, 1.54) is 24.2 Å². The van der Waals surface area contributed by atoms with E-state index in [2.05, 4.69) is 24.4 Å². The molecule has 1 saturated carbocycles. The standard InChI is InChI=1S/C20H29NO2S/c1-2-3-6-15-24-19-8-5-4-7-16(19)9-14-20(23)21-17-10-12-18(22)13-11-17/h4-5,7-9,14,17-18,22H,2-3,6,10-13,15H2,1H3,(H,21,23). The molecular formula is C20H29NO2S. The van der Waals surface area contributed by atoms with E-state index in [1.54, 1.807) is 6.08 Å². The van der Waals surface area contributed by atoms with Crippen molar-refractivity contribution in [2.24, 2.45) is 0 Å². The van der Waals surface area contributed by atoms with Crippen LogP contribution in [0.5, 0.6) is 0 Å². The summed E-state index contributed by atoms with van der Waals surface area (Å²) in [5.41, 5.74) is 1.10. The number of hydrogen-bond donors (Lipinski definition) is 2. The van der Waals surface area contributed by atoms with Crippen molar-refractivity contribution in [3.8, 4) is 0 Å². The Bertz CT molecular complexity index is 536. The number of nitrogens with one attached hydrogen (secondary N) is 1. The number of rotatable bonds is 8. The van der Waals surface area contributed by atoms with Crippen LogP contribution in [-0.4, -0.2) is 28.9 Å². The smallest absolute Gasteiger partial charge is 0.244 e. The first-order chi connectivity index (χ1) is 11.7. The molecule has 1 aromatic carbocycles. The van der Waals surface area contributed by atoms with Gasteiger partial charge in [0.05, 0.1) is 6.10 Å². The quantitative estimate of drug-likeness (QED) is 0.416. The highest BCUT2D eigenvalue weighted by atomic mass is 32.2. The summed E-state index contributed by atoms with van der Waals surface area (Å²) in [6, 6.07) is 8.44. The molecule has 0 aromatic heterocycles. The molecule has 3 nitrogen and oxygen atoms in total. The fourth-order valence-corrected chi connectivity index (χ4v) is 3.96. The first-order valence-corrected chi connectivity index (χ1v) is 10.1. The van der Waals surface area contributed by atoms with Gasteiger partial charge >= 0.3 is 0 Å².